The molecule has 2 N–H and O–H groups in total. The van der Waals surface area contributed by atoms with Gasteiger partial charge in [-0.15, -0.1) is 0 Å². The molecule has 0 aliphatic rings. The zero-order chi connectivity index (χ0) is 15.4. The highest BCUT2D eigenvalue weighted by Crippen LogP contribution is 2.19. The Kier molecular flexibility index (Phi) is 5.02. The first-order chi connectivity index (χ1) is 10.0. The van der Waals surface area contributed by atoms with Crippen molar-refractivity contribution in [1.29, 1.82) is 0 Å². The van der Waals surface area contributed by atoms with Crippen LogP contribution in [0, 0.1) is 20.8 Å². The Morgan fingerprint density at radius 2 is 1.86 bits per heavy atom. The van der Waals surface area contributed by atoms with Crippen LogP contribution in [0.2, 0.25) is 0 Å². The summed E-state index contributed by atoms with van der Waals surface area (Å²) in [5, 5.41) is 4.55. The number of nitrogens with zero attached hydrogens (tertiary/aromatic N) is 2. The normalized spacial score (nSPS) is 12.4. The van der Waals surface area contributed by atoms with E-state index < -0.39 is 0 Å². The maximum absolute atomic E-state index is 6.30. The summed E-state index contributed by atoms with van der Waals surface area (Å²) >= 11 is 0. The molecule has 21 heavy (non-hydrogen) atoms. The van der Waals surface area contributed by atoms with E-state index >= 15 is 0 Å². The molecule has 1 aromatic carbocycles. The highest BCUT2D eigenvalue weighted by atomic mass is 16.5. The average Bonchev–Trinajstić information content (AvgIpc) is 2.73. The predicted octanol–water partition coefficient (Wildman–Crippen LogP) is 3.30. The monoisotopic (exact) mass is 287 g/mol. The van der Waals surface area contributed by atoms with E-state index in [9.17, 15) is 0 Å². The summed E-state index contributed by atoms with van der Waals surface area (Å²) in [5.74, 6) is 0.898. The minimum atomic E-state index is -0.0670. The van der Waals surface area contributed by atoms with Crippen molar-refractivity contribution in [2.24, 2.45) is 5.73 Å². The van der Waals surface area contributed by atoms with E-state index in [2.05, 4.69) is 25.9 Å². The molecule has 0 amide bonds. The third kappa shape index (κ3) is 3.64. The molecule has 1 aromatic heterocycles. The molecule has 2 rings (SSSR count). The van der Waals surface area contributed by atoms with Gasteiger partial charge in [0.1, 0.15) is 5.75 Å². The van der Waals surface area contributed by atoms with Crippen molar-refractivity contribution < 1.29 is 4.74 Å². The van der Waals surface area contributed by atoms with Crippen molar-refractivity contribution >= 4 is 0 Å². The largest absolute Gasteiger partial charge is 0.494 e. The van der Waals surface area contributed by atoms with Crippen LogP contribution < -0.4 is 10.5 Å². The lowest BCUT2D eigenvalue weighted by molar-refractivity contribution is 0.317. The van der Waals surface area contributed by atoms with Crippen molar-refractivity contribution in [2.75, 3.05) is 6.61 Å². The zero-order valence-corrected chi connectivity index (χ0v) is 13.4. The van der Waals surface area contributed by atoms with E-state index in [1.54, 1.807) is 0 Å². The van der Waals surface area contributed by atoms with Gasteiger partial charge in [-0.2, -0.15) is 5.10 Å². The molecule has 4 nitrogen and oxygen atoms in total. The summed E-state index contributed by atoms with van der Waals surface area (Å²) in [7, 11) is 0. The van der Waals surface area contributed by atoms with E-state index in [0.29, 0.717) is 6.54 Å². The van der Waals surface area contributed by atoms with Crippen LogP contribution in [0.4, 0.5) is 0 Å². The second kappa shape index (κ2) is 6.76. The summed E-state index contributed by atoms with van der Waals surface area (Å²) in [6.45, 7) is 9.75. The first-order valence-corrected chi connectivity index (χ1v) is 7.51. The molecule has 1 atom stereocenters. The molecule has 2 aromatic rings. The first kappa shape index (κ1) is 15.6. The molecule has 1 unspecified atom stereocenters. The second-order valence-electron chi connectivity index (χ2n) is 5.50. The van der Waals surface area contributed by atoms with E-state index in [0.717, 1.165) is 30.0 Å². The molecule has 0 saturated carbocycles. The molecular formula is C17H25N3O. The van der Waals surface area contributed by atoms with Gasteiger partial charge in [0.05, 0.1) is 18.8 Å². The molecule has 0 aliphatic heterocycles. The molecule has 1 heterocycles. The molecule has 0 fully saturated rings. The number of hydrogen-bond donors (Lipinski definition) is 1. The average molecular weight is 287 g/mol. The fourth-order valence-electron chi connectivity index (χ4n) is 2.29. The van der Waals surface area contributed by atoms with Crippen LogP contribution in [0.1, 0.15) is 41.9 Å². The van der Waals surface area contributed by atoms with Crippen LogP contribution in [0.15, 0.2) is 24.3 Å². The molecule has 0 saturated heterocycles. The fraction of sp³-hybridized carbons (Fsp3) is 0.471. The third-order valence-corrected chi connectivity index (χ3v) is 3.89. The molecule has 4 heteroatoms. The van der Waals surface area contributed by atoms with E-state index in [-0.39, 0.29) is 6.04 Å². The van der Waals surface area contributed by atoms with Gasteiger partial charge in [-0.1, -0.05) is 19.1 Å². The maximum atomic E-state index is 6.30. The smallest absolute Gasteiger partial charge is 0.119 e. The SMILES string of the molecule is CCCOc1ccc(C(N)Cn2nc(C)c(C)c2C)cc1. The van der Waals surface area contributed by atoms with E-state index in [1.165, 1.54) is 11.3 Å². The first-order valence-electron chi connectivity index (χ1n) is 7.51. The lowest BCUT2D eigenvalue weighted by Gasteiger charge is -2.14. The molecule has 0 radical (unpaired) electrons. The summed E-state index contributed by atoms with van der Waals surface area (Å²) in [4.78, 5) is 0. The Balaban J connectivity index is 2.05. The van der Waals surface area contributed by atoms with Crippen LogP contribution in [0.25, 0.3) is 0 Å². The summed E-state index contributed by atoms with van der Waals surface area (Å²) in [5.41, 5.74) is 10.9. The fourth-order valence-corrected chi connectivity index (χ4v) is 2.29. The minimum absolute atomic E-state index is 0.0670. The molecule has 0 aliphatic carbocycles. The number of aryl methyl sites for hydroxylation is 1. The van der Waals surface area contributed by atoms with Gasteiger partial charge in [0, 0.05) is 11.7 Å². The van der Waals surface area contributed by atoms with Gasteiger partial charge in [0.25, 0.3) is 0 Å². The van der Waals surface area contributed by atoms with Gasteiger partial charge in [0.2, 0.25) is 0 Å². The lowest BCUT2D eigenvalue weighted by atomic mass is 10.1. The van der Waals surface area contributed by atoms with Crippen LogP contribution in [-0.2, 0) is 6.54 Å². The summed E-state index contributed by atoms with van der Waals surface area (Å²) in [6, 6.07) is 7.97. The van der Waals surface area contributed by atoms with Crippen LogP contribution >= 0.6 is 0 Å². The Labute approximate surface area is 126 Å². The molecule has 0 bridgehead atoms. The van der Waals surface area contributed by atoms with Gasteiger partial charge < -0.3 is 10.5 Å². The summed E-state index contributed by atoms with van der Waals surface area (Å²) < 4.78 is 7.58. The van der Waals surface area contributed by atoms with Gasteiger partial charge >= 0.3 is 0 Å². The van der Waals surface area contributed by atoms with Crippen molar-refractivity contribution in [3.05, 3.63) is 46.8 Å². The number of rotatable bonds is 6. The van der Waals surface area contributed by atoms with Crippen molar-refractivity contribution in [1.82, 2.24) is 9.78 Å². The Bertz CT molecular complexity index is 587. The van der Waals surface area contributed by atoms with Crippen LogP contribution in [0.5, 0.6) is 5.75 Å². The highest BCUT2D eigenvalue weighted by Gasteiger charge is 2.12. The molecule has 0 spiro atoms. The van der Waals surface area contributed by atoms with Crippen molar-refractivity contribution in [3.8, 4) is 5.75 Å². The van der Waals surface area contributed by atoms with E-state index in [1.807, 2.05) is 35.9 Å². The second-order valence-corrected chi connectivity index (χ2v) is 5.50. The van der Waals surface area contributed by atoms with E-state index in [4.69, 9.17) is 10.5 Å². The Morgan fingerprint density at radius 3 is 2.38 bits per heavy atom. The molecule has 114 valence electrons. The summed E-state index contributed by atoms with van der Waals surface area (Å²) in [6.07, 6.45) is 1.01. The maximum Gasteiger partial charge on any atom is 0.119 e. The number of benzene rings is 1. The number of aromatic nitrogens is 2. The Hall–Kier alpha value is -1.81. The zero-order valence-electron chi connectivity index (χ0n) is 13.4. The highest BCUT2D eigenvalue weighted by molar-refractivity contribution is 5.29. The van der Waals surface area contributed by atoms with Gasteiger partial charge in [0.15, 0.2) is 0 Å². The van der Waals surface area contributed by atoms with Gasteiger partial charge in [-0.3, -0.25) is 4.68 Å². The standard InChI is InChI=1S/C17H25N3O/c1-5-10-21-16-8-6-15(7-9-16)17(18)11-20-14(4)12(2)13(3)19-20/h6-9,17H,5,10-11,18H2,1-4H3. The van der Waals surface area contributed by atoms with Crippen molar-refractivity contribution in [2.45, 2.75) is 46.7 Å². The third-order valence-electron chi connectivity index (χ3n) is 3.89. The number of hydrogen-bond acceptors (Lipinski definition) is 3. The topological polar surface area (TPSA) is 53.1 Å². The quantitative estimate of drug-likeness (QED) is 0.887. The number of ether oxygens (including phenoxy) is 1. The minimum Gasteiger partial charge on any atom is -0.494 e. The number of nitrogens with two attached hydrogens (primary N) is 1. The van der Waals surface area contributed by atoms with Crippen LogP contribution in [-0.4, -0.2) is 16.4 Å². The van der Waals surface area contributed by atoms with Gasteiger partial charge in [-0.05, 0) is 50.5 Å². The van der Waals surface area contributed by atoms with Crippen LogP contribution in [0.3, 0.4) is 0 Å². The van der Waals surface area contributed by atoms with Gasteiger partial charge in [-0.25, -0.2) is 0 Å². The lowest BCUT2D eigenvalue weighted by Crippen LogP contribution is -2.19. The van der Waals surface area contributed by atoms with Crippen molar-refractivity contribution in [3.63, 3.8) is 0 Å². The predicted molar refractivity (Wildman–Crippen MR) is 85.6 cm³/mol. The molecular weight excluding hydrogens is 262 g/mol. The Morgan fingerprint density at radius 1 is 1.19 bits per heavy atom.